The van der Waals surface area contributed by atoms with E-state index in [0.29, 0.717) is 0 Å². The van der Waals surface area contributed by atoms with Crippen molar-refractivity contribution in [1.29, 1.82) is 0 Å². The molecular weight excluding hydrogens is 150 g/mol. The van der Waals surface area contributed by atoms with Gasteiger partial charge in [0, 0.05) is 0 Å². The first kappa shape index (κ1) is 9.68. The fourth-order valence-electron chi connectivity index (χ4n) is 0.529. The fraction of sp³-hybridized carbons (Fsp3) is 1.00. The van der Waals surface area contributed by atoms with Gasteiger partial charge >= 0.3 is 6.18 Å². The van der Waals surface area contributed by atoms with Gasteiger partial charge in [0.25, 0.3) is 0 Å². The van der Waals surface area contributed by atoms with E-state index >= 15 is 0 Å². The monoisotopic (exact) mass is 159 g/mol. The maximum atomic E-state index is 11.6. The Kier molecular flexibility index (Phi) is 3.63. The molecule has 0 fully saturated rings. The SMILES string of the molecule is NCCC(CF)C(F)(F)F. The normalized spacial score (nSPS) is 15.3. The minimum Gasteiger partial charge on any atom is -0.330 e. The van der Waals surface area contributed by atoms with Crippen molar-refractivity contribution in [3.63, 3.8) is 0 Å². The highest BCUT2D eigenvalue weighted by Gasteiger charge is 2.38. The molecule has 0 rings (SSSR count). The van der Waals surface area contributed by atoms with Crippen LogP contribution in [0.2, 0.25) is 0 Å². The molecule has 0 amide bonds. The average Bonchev–Trinajstić information content (AvgIpc) is 1.80. The van der Waals surface area contributed by atoms with E-state index in [-0.39, 0.29) is 13.0 Å². The van der Waals surface area contributed by atoms with Gasteiger partial charge in [-0.2, -0.15) is 13.2 Å². The first-order chi connectivity index (χ1) is 4.52. The van der Waals surface area contributed by atoms with Crippen molar-refractivity contribution in [3.8, 4) is 0 Å². The van der Waals surface area contributed by atoms with Gasteiger partial charge in [0.1, 0.15) is 6.67 Å². The predicted octanol–water partition coefficient (Wildman–Crippen LogP) is 1.48. The highest BCUT2D eigenvalue weighted by atomic mass is 19.4. The molecule has 1 unspecified atom stereocenters. The second-order valence-corrected chi connectivity index (χ2v) is 1.97. The minimum absolute atomic E-state index is 0.131. The van der Waals surface area contributed by atoms with E-state index in [0.717, 1.165) is 0 Å². The van der Waals surface area contributed by atoms with Gasteiger partial charge < -0.3 is 5.73 Å². The summed E-state index contributed by atoms with van der Waals surface area (Å²) in [6, 6.07) is 0. The molecule has 0 aliphatic heterocycles. The van der Waals surface area contributed by atoms with E-state index in [1.165, 1.54) is 0 Å². The standard InChI is InChI=1S/C5H9F4N/c6-3-4(1-2-10)5(7,8)9/h4H,1-3,10H2. The van der Waals surface area contributed by atoms with Crippen molar-refractivity contribution in [3.05, 3.63) is 0 Å². The Morgan fingerprint density at radius 1 is 1.30 bits per heavy atom. The van der Waals surface area contributed by atoms with Crippen LogP contribution in [0.1, 0.15) is 6.42 Å². The number of nitrogens with two attached hydrogens (primary N) is 1. The highest BCUT2D eigenvalue weighted by molar-refractivity contribution is 4.66. The van der Waals surface area contributed by atoms with Gasteiger partial charge in [0.2, 0.25) is 0 Å². The summed E-state index contributed by atoms with van der Waals surface area (Å²) in [6.45, 7) is -1.51. The minimum atomic E-state index is -4.44. The molecule has 5 heteroatoms. The summed E-state index contributed by atoms with van der Waals surface area (Å²) in [4.78, 5) is 0. The van der Waals surface area contributed by atoms with Gasteiger partial charge in [0.05, 0.1) is 5.92 Å². The van der Waals surface area contributed by atoms with Crippen molar-refractivity contribution in [1.82, 2.24) is 0 Å². The van der Waals surface area contributed by atoms with Crippen LogP contribution in [0.4, 0.5) is 17.6 Å². The smallest absolute Gasteiger partial charge is 0.330 e. The molecule has 0 spiro atoms. The fourth-order valence-corrected chi connectivity index (χ4v) is 0.529. The second kappa shape index (κ2) is 3.75. The van der Waals surface area contributed by atoms with Crippen LogP contribution in [0.15, 0.2) is 0 Å². The lowest BCUT2D eigenvalue weighted by Gasteiger charge is -2.15. The van der Waals surface area contributed by atoms with Gasteiger partial charge in [-0.05, 0) is 13.0 Å². The van der Waals surface area contributed by atoms with Gasteiger partial charge in [0.15, 0.2) is 0 Å². The molecule has 0 saturated carbocycles. The molecule has 0 aromatic rings. The van der Waals surface area contributed by atoms with E-state index in [9.17, 15) is 17.6 Å². The molecule has 10 heavy (non-hydrogen) atoms. The lowest BCUT2D eigenvalue weighted by atomic mass is 10.1. The van der Waals surface area contributed by atoms with Crippen LogP contribution in [-0.2, 0) is 0 Å². The molecule has 0 aliphatic rings. The first-order valence-electron chi connectivity index (χ1n) is 2.85. The molecule has 0 heterocycles. The number of rotatable bonds is 3. The molecule has 2 N–H and O–H groups in total. The molecule has 1 atom stereocenters. The summed E-state index contributed by atoms with van der Waals surface area (Å²) in [5, 5.41) is 0. The van der Waals surface area contributed by atoms with Crippen molar-refractivity contribution in [2.24, 2.45) is 11.7 Å². The Bertz CT molecular complexity index is 90.1. The largest absolute Gasteiger partial charge is 0.394 e. The Labute approximate surface area is 56.2 Å². The van der Waals surface area contributed by atoms with E-state index < -0.39 is 18.8 Å². The summed E-state index contributed by atoms with van der Waals surface area (Å²) in [6.07, 6.45) is -4.77. The average molecular weight is 159 g/mol. The van der Waals surface area contributed by atoms with Crippen LogP contribution in [0.5, 0.6) is 0 Å². The molecule has 1 nitrogen and oxygen atoms in total. The number of hydrogen-bond acceptors (Lipinski definition) is 1. The van der Waals surface area contributed by atoms with Gasteiger partial charge in [-0.1, -0.05) is 0 Å². The molecule has 62 valence electrons. The zero-order valence-corrected chi connectivity index (χ0v) is 5.29. The highest BCUT2D eigenvalue weighted by Crippen LogP contribution is 2.28. The van der Waals surface area contributed by atoms with Crippen molar-refractivity contribution in [2.75, 3.05) is 13.2 Å². The molecule has 0 aliphatic carbocycles. The lowest BCUT2D eigenvalue weighted by Crippen LogP contribution is -2.27. The van der Waals surface area contributed by atoms with Gasteiger partial charge in [-0.15, -0.1) is 0 Å². The topological polar surface area (TPSA) is 26.0 Å². The third-order valence-corrected chi connectivity index (χ3v) is 1.16. The number of halogens is 4. The third kappa shape index (κ3) is 3.00. The van der Waals surface area contributed by atoms with Crippen molar-refractivity contribution < 1.29 is 17.6 Å². The number of hydrogen-bond donors (Lipinski definition) is 1. The molecule has 0 aromatic heterocycles. The molecule has 0 saturated heterocycles. The van der Waals surface area contributed by atoms with Crippen LogP contribution in [0.25, 0.3) is 0 Å². The van der Waals surface area contributed by atoms with Gasteiger partial charge in [-0.25, -0.2) is 0 Å². The van der Waals surface area contributed by atoms with Crippen LogP contribution in [0.3, 0.4) is 0 Å². The molecular formula is C5H9F4N. The Morgan fingerprint density at radius 2 is 1.80 bits per heavy atom. The van der Waals surface area contributed by atoms with Crippen molar-refractivity contribution in [2.45, 2.75) is 12.6 Å². The van der Waals surface area contributed by atoms with Gasteiger partial charge in [-0.3, -0.25) is 4.39 Å². The van der Waals surface area contributed by atoms with E-state index in [4.69, 9.17) is 5.73 Å². The zero-order valence-electron chi connectivity index (χ0n) is 5.29. The Hall–Kier alpha value is -0.320. The predicted molar refractivity (Wildman–Crippen MR) is 29.2 cm³/mol. The summed E-state index contributed by atoms with van der Waals surface area (Å²) in [5.74, 6) is -1.88. The maximum absolute atomic E-state index is 11.6. The van der Waals surface area contributed by atoms with Crippen molar-refractivity contribution >= 4 is 0 Å². The van der Waals surface area contributed by atoms with E-state index in [1.54, 1.807) is 0 Å². The third-order valence-electron chi connectivity index (χ3n) is 1.16. The Morgan fingerprint density at radius 3 is 1.90 bits per heavy atom. The maximum Gasteiger partial charge on any atom is 0.394 e. The summed E-state index contributed by atoms with van der Waals surface area (Å²) in [7, 11) is 0. The molecule has 0 bridgehead atoms. The summed E-state index contributed by atoms with van der Waals surface area (Å²) >= 11 is 0. The molecule has 0 aromatic carbocycles. The first-order valence-corrected chi connectivity index (χ1v) is 2.85. The summed E-state index contributed by atoms with van der Waals surface area (Å²) in [5.41, 5.74) is 4.84. The second-order valence-electron chi connectivity index (χ2n) is 1.97. The molecule has 0 radical (unpaired) electrons. The number of alkyl halides is 4. The van der Waals surface area contributed by atoms with Crippen LogP contribution < -0.4 is 5.73 Å². The zero-order chi connectivity index (χ0) is 8.20. The summed E-state index contributed by atoms with van der Waals surface area (Å²) < 4.78 is 46.4. The van der Waals surface area contributed by atoms with Crippen LogP contribution >= 0.6 is 0 Å². The van der Waals surface area contributed by atoms with E-state index in [1.807, 2.05) is 0 Å². The van der Waals surface area contributed by atoms with E-state index in [2.05, 4.69) is 0 Å². The quantitative estimate of drug-likeness (QED) is 0.620. The Balaban J connectivity index is 3.81. The van der Waals surface area contributed by atoms with Crippen LogP contribution in [-0.4, -0.2) is 19.4 Å². The lowest BCUT2D eigenvalue weighted by molar-refractivity contribution is -0.179. The van der Waals surface area contributed by atoms with Crippen LogP contribution in [0, 0.1) is 5.92 Å².